The topological polar surface area (TPSA) is 53.4 Å². The van der Waals surface area contributed by atoms with Gasteiger partial charge >= 0.3 is 5.97 Å². The highest BCUT2D eigenvalue weighted by atomic mass is 32.1. The lowest BCUT2D eigenvalue weighted by molar-refractivity contribution is -0.142. The Labute approximate surface area is 92.6 Å². The molecular formula is C10H14N2O2S. The summed E-state index contributed by atoms with van der Waals surface area (Å²) in [5, 5.41) is 12.0. The second-order valence-electron chi connectivity index (χ2n) is 4.10. The van der Waals surface area contributed by atoms with Crippen LogP contribution >= 0.6 is 11.3 Å². The zero-order valence-electron chi connectivity index (χ0n) is 8.80. The molecule has 2 atom stereocenters. The molecule has 1 aromatic heterocycles. The van der Waals surface area contributed by atoms with Crippen LogP contribution in [0.3, 0.4) is 0 Å². The van der Waals surface area contributed by atoms with Gasteiger partial charge in [0.25, 0.3) is 0 Å². The van der Waals surface area contributed by atoms with Gasteiger partial charge in [0.15, 0.2) is 5.13 Å². The van der Waals surface area contributed by atoms with Crippen molar-refractivity contribution >= 4 is 22.4 Å². The zero-order chi connectivity index (χ0) is 11.0. The van der Waals surface area contributed by atoms with Crippen molar-refractivity contribution in [2.75, 3.05) is 18.0 Å². The van der Waals surface area contributed by atoms with Gasteiger partial charge in [0.05, 0.1) is 11.6 Å². The molecule has 15 heavy (non-hydrogen) atoms. The second kappa shape index (κ2) is 3.81. The van der Waals surface area contributed by atoms with Crippen LogP contribution in [-0.2, 0) is 4.79 Å². The summed E-state index contributed by atoms with van der Waals surface area (Å²) in [5.41, 5.74) is 1.00. The van der Waals surface area contributed by atoms with Crippen LogP contribution in [0.2, 0.25) is 0 Å². The van der Waals surface area contributed by atoms with Crippen LogP contribution in [0.5, 0.6) is 0 Å². The Balaban J connectivity index is 2.12. The number of carboxylic acids is 1. The molecule has 1 N–H and O–H groups in total. The Morgan fingerprint density at radius 2 is 2.40 bits per heavy atom. The molecule has 1 aromatic rings. The number of aromatic nitrogens is 1. The van der Waals surface area contributed by atoms with Crippen molar-refractivity contribution in [1.29, 1.82) is 0 Å². The predicted octanol–water partition coefficient (Wildman–Crippen LogP) is 1.61. The first kappa shape index (κ1) is 10.4. The lowest BCUT2D eigenvalue weighted by Gasteiger charge is -2.13. The van der Waals surface area contributed by atoms with Gasteiger partial charge < -0.3 is 10.0 Å². The molecule has 0 aliphatic carbocycles. The van der Waals surface area contributed by atoms with Crippen molar-refractivity contribution in [2.24, 2.45) is 11.8 Å². The highest BCUT2D eigenvalue weighted by molar-refractivity contribution is 7.13. The van der Waals surface area contributed by atoms with Gasteiger partial charge in [0, 0.05) is 18.5 Å². The van der Waals surface area contributed by atoms with E-state index in [0.29, 0.717) is 6.54 Å². The normalized spacial score (nSPS) is 25.9. The molecule has 0 unspecified atom stereocenters. The number of hydrogen-bond donors (Lipinski definition) is 1. The molecule has 1 fully saturated rings. The van der Waals surface area contributed by atoms with Crippen molar-refractivity contribution in [3.05, 3.63) is 11.1 Å². The minimum Gasteiger partial charge on any atom is -0.481 e. The number of carbonyl (C=O) groups is 1. The quantitative estimate of drug-likeness (QED) is 0.832. The molecule has 5 heteroatoms. The molecule has 2 heterocycles. The van der Waals surface area contributed by atoms with E-state index in [-0.39, 0.29) is 11.8 Å². The van der Waals surface area contributed by atoms with Crippen LogP contribution in [0.15, 0.2) is 5.38 Å². The van der Waals surface area contributed by atoms with Crippen LogP contribution < -0.4 is 4.90 Å². The Morgan fingerprint density at radius 3 is 2.87 bits per heavy atom. The van der Waals surface area contributed by atoms with Crippen molar-refractivity contribution in [3.8, 4) is 0 Å². The first-order valence-electron chi connectivity index (χ1n) is 4.98. The van der Waals surface area contributed by atoms with Crippen LogP contribution in [0, 0.1) is 18.8 Å². The standard InChI is InChI=1S/C10H14N2O2S/c1-6-3-12(4-8(6)9(13)14)10-11-7(2)5-15-10/h5-6,8H,3-4H2,1-2H3,(H,13,14)/t6-,8-/m1/s1. The SMILES string of the molecule is Cc1csc(N2C[C@@H](C)[C@H](C(=O)O)C2)n1. The molecule has 0 spiro atoms. The number of nitrogens with zero attached hydrogens (tertiary/aromatic N) is 2. The van der Waals surface area contributed by atoms with E-state index in [4.69, 9.17) is 5.11 Å². The van der Waals surface area contributed by atoms with Crippen molar-refractivity contribution in [3.63, 3.8) is 0 Å². The summed E-state index contributed by atoms with van der Waals surface area (Å²) in [4.78, 5) is 17.4. The van der Waals surface area contributed by atoms with E-state index in [2.05, 4.69) is 9.88 Å². The average Bonchev–Trinajstić information content (AvgIpc) is 2.71. The van der Waals surface area contributed by atoms with Gasteiger partial charge in [0.2, 0.25) is 0 Å². The molecule has 2 rings (SSSR count). The molecule has 0 amide bonds. The van der Waals surface area contributed by atoms with Gasteiger partial charge in [-0.05, 0) is 12.8 Å². The average molecular weight is 226 g/mol. The third kappa shape index (κ3) is 1.97. The summed E-state index contributed by atoms with van der Waals surface area (Å²) < 4.78 is 0. The van der Waals surface area contributed by atoms with Gasteiger partial charge in [-0.1, -0.05) is 6.92 Å². The van der Waals surface area contributed by atoms with E-state index in [9.17, 15) is 4.79 Å². The Morgan fingerprint density at radius 1 is 1.67 bits per heavy atom. The Kier molecular flexibility index (Phi) is 2.65. The monoisotopic (exact) mass is 226 g/mol. The third-order valence-corrected chi connectivity index (χ3v) is 3.83. The Bertz CT molecular complexity index is 377. The minimum atomic E-state index is -0.696. The number of aliphatic carboxylic acids is 1. The smallest absolute Gasteiger partial charge is 0.308 e. The summed E-state index contributed by atoms with van der Waals surface area (Å²) in [6.45, 7) is 5.32. The summed E-state index contributed by atoms with van der Waals surface area (Å²) in [6, 6.07) is 0. The summed E-state index contributed by atoms with van der Waals surface area (Å²) in [7, 11) is 0. The van der Waals surface area contributed by atoms with Crippen molar-refractivity contribution in [1.82, 2.24) is 4.98 Å². The first-order valence-corrected chi connectivity index (χ1v) is 5.86. The number of anilines is 1. The van der Waals surface area contributed by atoms with E-state index in [1.54, 1.807) is 11.3 Å². The van der Waals surface area contributed by atoms with Crippen molar-refractivity contribution < 1.29 is 9.90 Å². The maximum atomic E-state index is 11.0. The number of carboxylic acid groups (broad SMARTS) is 1. The van der Waals surface area contributed by atoms with Gasteiger partial charge in [-0.2, -0.15) is 0 Å². The Hall–Kier alpha value is -1.10. The van der Waals surface area contributed by atoms with Crippen molar-refractivity contribution in [2.45, 2.75) is 13.8 Å². The molecule has 0 saturated carbocycles. The number of aryl methyl sites for hydroxylation is 1. The van der Waals surface area contributed by atoms with Gasteiger partial charge in [-0.3, -0.25) is 4.79 Å². The summed E-state index contributed by atoms with van der Waals surface area (Å²) in [5.74, 6) is -0.751. The molecule has 0 bridgehead atoms. The fraction of sp³-hybridized carbons (Fsp3) is 0.600. The third-order valence-electron chi connectivity index (χ3n) is 2.81. The number of rotatable bonds is 2. The van der Waals surface area contributed by atoms with Gasteiger partial charge in [-0.25, -0.2) is 4.98 Å². The van der Waals surface area contributed by atoms with E-state index in [1.807, 2.05) is 19.2 Å². The van der Waals surface area contributed by atoms with Crippen LogP contribution in [0.4, 0.5) is 5.13 Å². The highest BCUT2D eigenvalue weighted by Crippen LogP contribution is 2.30. The predicted molar refractivity (Wildman–Crippen MR) is 59.4 cm³/mol. The van der Waals surface area contributed by atoms with Crippen LogP contribution in [0.1, 0.15) is 12.6 Å². The molecule has 0 aromatic carbocycles. The molecule has 4 nitrogen and oxygen atoms in total. The van der Waals surface area contributed by atoms with Gasteiger partial charge in [0.1, 0.15) is 0 Å². The number of hydrogen-bond acceptors (Lipinski definition) is 4. The van der Waals surface area contributed by atoms with E-state index in [0.717, 1.165) is 17.4 Å². The lowest BCUT2D eigenvalue weighted by atomic mass is 9.99. The fourth-order valence-electron chi connectivity index (χ4n) is 1.93. The largest absolute Gasteiger partial charge is 0.481 e. The maximum Gasteiger partial charge on any atom is 0.308 e. The van der Waals surface area contributed by atoms with E-state index in [1.165, 1.54) is 0 Å². The van der Waals surface area contributed by atoms with Crippen LogP contribution in [0.25, 0.3) is 0 Å². The first-order chi connectivity index (χ1) is 7.08. The number of thiazole rings is 1. The summed E-state index contributed by atoms with van der Waals surface area (Å²) >= 11 is 1.58. The molecular weight excluding hydrogens is 212 g/mol. The highest BCUT2D eigenvalue weighted by Gasteiger charge is 2.35. The zero-order valence-corrected chi connectivity index (χ0v) is 9.62. The van der Waals surface area contributed by atoms with Crippen LogP contribution in [-0.4, -0.2) is 29.1 Å². The fourth-order valence-corrected chi connectivity index (χ4v) is 2.75. The summed E-state index contributed by atoms with van der Waals surface area (Å²) in [6.07, 6.45) is 0. The molecule has 1 aliphatic heterocycles. The molecule has 0 radical (unpaired) electrons. The minimum absolute atomic E-state index is 0.201. The lowest BCUT2D eigenvalue weighted by Crippen LogP contribution is -2.22. The molecule has 1 aliphatic rings. The molecule has 1 saturated heterocycles. The maximum absolute atomic E-state index is 11.0. The van der Waals surface area contributed by atoms with E-state index >= 15 is 0 Å². The molecule has 82 valence electrons. The van der Waals surface area contributed by atoms with E-state index < -0.39 is 5.97 Å². The second-order valence-corrected chi connectivity index (χ2v) is 4.94. The van der Waals surface area contributed by atoms with Gasteiger partial charge in [-0.15, -0.1) is 11.3 Å².